The molecule has 6 nitrogen and oxygen atoms in total. The van der Waals surface area contributed by atoms with Gasteiger partial charge in [-0.05, 0) is 48.5 Å². The lowest BCUT2D eigenvalue weighted by molar-refractivity contribution is 0.588. The van der Waals surface area contributed by atoms with Crippen LogP contribution in [0.5, 0.6) is 0 Å². The maximum Gasteiger partial charge on any atom is 0.213 e. The normalized spacial score (nSPS) is 12.5. The molecule has 0 aromatic heterocycles. The van der Waals surface area contributed by atoms with Crippen molar-refractivity contribution < 1.29 is 12.8 Å². The second-order valence-corrected chi connectivity index (χ2v) is 7.79. The molecule has 0 unspecified atom stereocenters. The molecule has 144 valence electrons. The van der Waals surface area contributed by atoms with E-state index in [0.717, 1.165) is 11.1 Å². The topological polar surface area (TPSA) is 96.6 Å². The van der Waals surface area contributed by atoms with Crippen LogP contribution < -0.4 is 15.8 Å². The first-order valence-electron chi connectivity index (χ1n) is 8.29. The van der Waals surface area contributed by atoms with Gasteiger partial charge < -0.3 is 11.1 Å². The van der Waals surface area contributed by atoms with Crippen molar-refractivity contribution in [3.05, 3.63) is 59.9 Å². The van der Waals surface area contributed by atoms with E-state index in [1.807, 2.05) is 18.2 Å². The SMILES string of the molecule is CN=CC=C(N)c1cc(-c2ccc(F)cc2)ccc1NCCS(=O)(=O)NC. The molecule has 0 atom stereocenters. The summed E-state index contributed by atoms with van der Waals surface area (Å²) < 4.78 is 38.6. The highest BCUT2D eigenvalue weighted by atomic mass is 32.2. The molecule has 27 heavy (non-hydrogen) atoms. The highest BCUT2D eigenvalue weighted by molar-refractivity contribution is 7.89. The Hall–Kier alpha value is -2.71. The van der Waals surface area contributed by atoms with E-state index in [-0.39, 0.29) is 18.1 Å². The Kier molecular flexibility index (Phi) is 7.09. The Morgan fingerprint density at radius 3 is 2.48 bits per heavy atom. The van der Waals surface area contributed by atoms with Crippen LogP contribution in [-0.2, 0) is 10.0 Å². The fraction of sp³-hybridized carbons (Fsp3) is 0.211. The van der Waals surface area contributed by atoms with Gasteiger partial charge in [0.05, 0.1) is 5.75 Å². The number of hydrogen-bond acceptors (Lipinski definition) is 5. The molecule has 0 bridgehead atoms. The van der Waals surface area contributed by atoms with E-state index >= 15 is 0 Å². The number of halogens is 1. The summed E-state index contributed by atoms with van der Waals surface area (Å²) in [5.41, 5.74) is 9.77. The van der Waals surface area contributed by atoms with Gasteiger partial charge in [0.15, 0.2) is 0 Å². The first-order valence-corrected chi connectivity index (χ1v) is 9.95. The monoisotopic (exact) mass is 390 g/mol. The molecule has 0 aliphatic heterocycles. The van der Waals surface area contributed by atoms with Crippen LogP contribution >= 0.6 is 0 Å². The molecule has 0 heterocycles. The van der Waals surface area contributed by atoms with Crippen molar-refractivity contribution in [1.29, 1.82) is 0 Å². The fourth-order valence-electron chi connectivity index (χ4n) is 2.43. The largest absolute Gasteiger partial charge is 0.398 e. The van der Waals surface area contributed by atoms with Crippen LogP contribution in [-0.4, -0.2) is 41.0 Å². The van der Waals surface area contributed by atoms with Crippen LogP contribution in [0.3, 0.4) is 0 Å². The summed E-state index contributed by atoms with van der Waals surface area (Å²) >= 11 is 0. The number of nitrogens with one attached hydrogen (secondary N) is 2. The van der Waals surface area contributed by atoms with Crippen molar-refractivity contribution in [3.8, 4) is 11.1 Å². The highest BCUT2D eigenvalue weighted by Gasteiger charge is 2.10. The molecular formula is C19H23FN4O2S. The molecule has 0 saturated carbocycles. The lowest BCUT2D eigenvalue weighted by Gasteiger charge is -2.14. The maximum absolute atomic E-state index is 13.2. The number of anilines is 1. The summed E-state index contributed by atoms with van der Waals surface area (Å²) in [6, 6.07) is 11.7. The predicted octanol–water partition coefficient (Wildman–Crippen LogP) is 2.45. The van der Waals surface area contributed by atoms with Crippen LogP contribution in [0.4, 0.5) is 10.1 Å². The fourth-order valence-corrected chi connectivity index (χ4v) is 3.00. The summed E-state index contributed by atoms with van der Waals surface area (Å²) in [6.45, 7) is 0.223. The minimum Gasteiger partial charge on any atom is -0.398 e. The highest BCUT2D eigenvalue weighted by Crippen LogP contribution is 2.28. The Balaban J connectivity index is 2.36. The summed E-state index contributed by atoms with van der Waals surface area (Å²) in [4.78, 5) is 3.90. The van der Waals surface area contributed by atoms with Crippen LogP contribution in [0.2, 0.25) is 0 Å². The zero-order valence-electron chi connectivity index (χ0n) is 15.2. The molecule has 2 rings (SSSR count). The molecule has 4 N–H and O–H groups in total. The summed E-state index contributed by atoms with van der Waals surface area (Å²) in [6.07, 6.45) is 3.24. The lowest BCUT2D eigenvalue weighted by Crippen LogP contribution is -2.26. The number of nitrogens with zero attached hydrogens (tertiary/aromatic N) is 1. The molecule has 0 saturated heterocycles. The van der Waals surface area contributed by atoms with Gasteiger partial charge in [-0.2, -0.15) is 0 Å². The number of hydrogen-bond donors (Lipinski definition) is 3. The van der Waals surface area contributed by atoms with Gasteiger partial charge >= 0.3 is 0 Å². The van der Waals surface area contributed by atoms with Gasteiger partial charge in [-0.3, -0.25) is 4.99 Å². The van der Waals surface area contributed by atoms with E-state index in [4.69, 9.17) is 5.73 Å². The van der Waals surface area contributed by atoms with Gasteiger partial charge in [0.1, 0.15) is 5.82 Å². The van der Waals surface area contributed by atoms with Crippen molar-refractivity contribution in [1.82, 2.24) is 4.72 Å². The molecule has 2 aromatic rings. The van der Waals surface area contributed by atoms with Crippen molar-refractivity contribution in [2.75, 3.05) is 31.7 Å². The van der Waals surface area contributed by atoms with E-state index in [1.54, 1.807) is 31.5 Å². The first-order chi connectivity index (χ1) is 12.9. The van der Waals surface area contributed by atoms with Crippen LogP contribution in [0.1, 0.15) is 5.56 Å². The van der Waals surface area contributed by atoms with E-state index in [0.29, 0.717) is 16.9 Å². The van der Waals surface area contributed by atoms with E-state index in [9.17, 15) is 12.8 Å². The third kappa shape index (κ3) is 5.90. The predicted molar refractivity (Wildman–Crippen MR) is 110 cm³/mol. The average Bonchev–Trinajstić information content (AvgIpc) is 2.67. The number of rotatable bonds is 8. The second-order valence-electron chi connectivity index (χ2n) is 5.75. The Labute approximate surface area is 159 Å². The number of nitrogens with two attached hydrogens (primary N) is 1. The lowest BCUT2D eigenvalue weighted by atomic mass is 10.00. The maximum atomic E-state index is 13.2. The number of sulfonamides is 1. The summed E-state index contributed by atoms with van der Waals surface area (Å²) in [5.74, 6) is -0.371. The van der Waals surface area contributed by atoms with Crippen molar-refractivity contribution in [2.45, 2.75) is 0 Å². The molecular weight excluding hydrogens is 367 g/mol. The third-order valence-corrected chi connectivity index (χ3v) is 5.27. The zero-order chi connectivity index (χ0) is 19.9. The van der Waals surface area contributed by atoms with Gasteiger partial charge in [-0.1, -0.05) is 18.2 Å². The van der Waals surface area contributed by atoms with Crippen LogP contribution in [0, 0.1) is 5.82 Å². The molecule has 0 aliphatic carbocycles. The van der Waals surface area contributed by atoms with Crippen molar-refractivity contribution >= 4 is 27.6 Å². The first kappa shape index (κ1) is 20.6. The van der Waals surface area contributed by atoms with Crippen LogP contribution in [0.15, 0.2) is 53.5 Å². The molecule has 0 radical (unpaired) electrons. The van der Waals surface area contributed by atoms with Gasteiger partial charge in [0.25, 0.3) is 0 Å². The summed E-state index contributed by atoms with van der Waals surface area (Å²) in [5, 5.41) is 3.10. The number of benzene rings is 2. The quantitative estimate of drug-likeness (QED) is 0.603. The van der Waals surface area contributed by atoms with Gasteiger partial charge in [-0.15, -0.1) is 0 Å². The van der Waals surface area contributed by atoms with Crippen LogP contribution in [0.25, 0.3) is 16.8 Å². The Morgan fingerprint density at radius 1 is 1.19 bits per heavy atom. The molecule has 0 spiro atoms. The molecule has 0 aliphatic rings. The second kappa shape index (κ2) is 9.29. The summed E-state index contributed by atoms with van der Waals surface area (Å²) in [7, 11) is -0.290. The van der Waals surface area contributed by atoms with E-state index < -0.39 is 10.0 Å². The average molecular weight is 390 g/mol. The zero-order valence-corrected chi connectivity index (χ0v) is 16.1. The smallest absolute Gasteiger partial charge is 0.213 e. The van der Waals surface area contributed by atoms with E-state index in [1.165, 1.54) is 19.2 Å². The third-order valence-electron chi connectivity index (χ3n) is 3.91. The Bertz CT molecular complexity index is 939. The van der Waals surface area contributed by atoms with Gasteiger partial charge in [0, 0.05) is 36.8 Å². The minimum absolute atomic E-state index is 0.0668. The van der Waals surface area contributed by atoms with E-state index in [2.05, 4.69) is 15.0 Å². The molecule has 2 aromatic carbocycles. The Morgan fingerprint density at radius 2 is 1.85 bits per heavy atom. The van der Waals surface area contributed by atoms with Crippen molar-refractivity contribution in [2.24, 2.45) is 10.7 Å². The molecule has 0 amide bonds. The minimum atomic E-state index is -3.31. The van der Waals surface area contributed by atoms with Crippen molar-refractivity contribution in [3.63, 3.8) is 0 Å². The van der Waals surface area contributed by atoms with Gasteiger partial charge in [0.2, 0.25) is 10.0 Å². The number of aliphatic imine (C=N–C) groups is 1. The molecule has 8 heteroatoms. The standard InChI is InChI=1S/C19H23FN4O2S/c1-22-10-9-18(21)17-13-15(14-3-6-16(20)7-4-14)5-8-19(17)24-11-12-27(25,26)23-2/h3-10,13,23-24H,11-12,21H2,1-2H3. The number of allylic oxidation sites excluding steroid dienone is 1. The molecule has 0 fully saturated rings. The van der Waals surface area contributed by atoms with Gasteiger partial charge in [-0.25, -0.2) is 17.5 Å².